The molecule has 5 nitrogen and oxygen atoms in total. The molecule has 0 heterocycles. The average Bonchev–Trinajstić information content (AvgIpc) is 2.26. The predicted molar refractivity (Wildman–Crippen MR) is 63.4 cm³/mol. The van der Waals surface area contributed by atoms with Crippen molar-refractivity contribution in [2.45, 2.75) is 37.8 Å². The van der Waals surface area contributed by atoms with Gasteiger partial charge < -0.3 is 20.6 Å². The fourth-order valence-electron chi connectivity index (χ4n) is 1.93. The zero-order valence-corrected chi connectivity index (χ0v) is 10.2. The molecule has 0 aliphatic heterocycles. The van der Waals surface area contributed by atoms with Crippen LogP contribution in [0, 0.1) is 0 Å². The summed E-state index contributed by atoms with van der Waals surface area (Å²) in [5.74, 6) is 0. The molecule has 0 radical (unpaired) electrons. The van der Waals surface area contributed by atoms with Crippen molar-refractivity contribution >= 4 is 6.03 Å². The third-order valence-electron chi connectivity index (χ3n) is 2.94. The number of hydrogen-bond donors (Lipinski definition) is 3. The highest BCUT2D eigenvalue weighted by Crippen LogP contribution is 2.17. The monoisotopic (exact) mass is 229 g/mol. The third kappa shape index (κ3) is 4.37. The Bertz CT molecular complexity index is 221. The Kier molecular flexibility index (Phi) is 5.55. The Morgan fingerprint density at radius 1 is 1.31 bits per heavy atom. The first-order chi connectivity index (χ1) is 7.61. The van der Waals surface area contributed by atoms with Crippen LogP contribution in [0.4, 0.5) is 4.79 Å². The van der Waals surface area contributed by atoms with Gasteiger partial charge in [-0.3, -0.25) is 0 Å². The van der Waals surface area contributed by atoms with Gasteiger partial charge in [-0.05, 0) is 12.8 Å². The second kappa shape index (κ2) is 6.70. The van der Waals surface area contributed by atoms with Gasteiger partial charge in [0.05, 0.1) is 6.10 Å². The quantitative estimate of drug-likeness (QED) is 0.601. The number of rotatable bonds is 4. The van der Waals surface area contributed by atoms with Gasteiger partial charge in [-0.2, -0.15) is 0 Å². The van der Waals surface area contributed by atoms with Crippen LogP contribution in [0.2, 0.25) is 0 Å². The lowest BCUT2D eigenvalue weighted by molar-refractivity contribution is 0.0914. The van der Waals surface area contributed by atoms with Gasteiger partial charge in [0.25, 0.3) is 0 Å². The Morgan fingerprint density at radius 2 is 2.00 bits per heavy atom. The number of carbonyl (C=O) groups excluding carboxylic acids is 1. The Balaban J connectivity index is 2.08. The molecule has 1 rings (SSSR count). The van der Waals surface area contributed by atoms with Crippen molar-refractivity contribution < 1.29 is 9.90 Å². The summed E-state index contributed by atoms with van der Waals surface area (Å²) >= 11 is 0. The van der Waals surface area contributed by atoms with Gasteiger partial charge in [0.15, 0.2) is 0 Å². The zero-order valence-electron chi connectivity index (χ0n) is 10.2. The Labute approximate surface area is 97.2 Å². The van der Waals surface area contributed by atoms with Crippen LogP contribution in [-0.4, -0.2) is 55.4 Å². The number of aliphatic hydroxyl groups is 1. The molecule has 2 atom stereocenters. The van der Waals surface area contributed by atoms with Crippen molar-refractivity contribution in [2.24, 2.45) is 0 Å². The fourth-order valence-corrected chi connectivity index (χ4v) is 1.93. The van der Waals surface area contributed by atoms with E-state index in [1.807, 2.05) is 0 Å². The highest BCUT2D eigenvalue weighted by molar-refractivity contribution is 5.73. The maximum absolute atomic E-state index is 11.2. The maximum Gasteiger partial charge on any atom is 0.316 e. The second-order valence-corrected chi connectivity index (χ2v) is 4.54. The van der Waals surface area contributed by atoms with E-state index in [4.69, 9.17) is 0 Å². The van der Waals surface area contributed by atoms with Crippen LogP contribution < -0.4 is 10.6 Å². The molecule has 0 bridgehead atoms. The number of aliphatic hydroxyl groups excluding tert-OH is 1. The number of nitrogens with one attached hydrogen (secondary N) is 2. The normalized spacial score (nSPS) is 25.2. The molecule has 0 aromatic heterocycles. The van der Waals surface area contributed by atoms with E-state index in [2.05, 4.69) is 10.6 Å². The summed E-state index contributed by atoms with van der Waals surface area (Å²) in [5, 5.41) is 15.8. The van der Waals surface area contributed by atoms with Gasteiger partial charge in [-0.15, -0.1) is 0 Å². The molecule has 94 valence electrons. The van der Waals surface area contributed by atoms with Crippen LogP contribution >= 0.6 is 0 Å². The minimum Gasteiger partial charge on any atom is -0.392 e. The molecular weight excluding hydrogens is 206 g/mol. The number of hydrogen-bond acceptors (Lipinski definition) is 3. The highest BCUT2D eigenvalue weighted by atomic mass is 16.3. The first kappa shape index (κ1) is 13.3. The Hall–Kier alpha value is -0.810. The number of carbonyl (C=O) groups is 1. The molecule has 2 amide bonds. The summed E-state index contributed by atoms with van der Waals surface area (Å²) in [7, 11) is 3.43. The number of amides is 2. The van der Waals surface area contributed by atoms with E-state index in [9.17, 15) is 9.90 Å². The van der Waals surface area contributed by atoms with E-state index in [-0.39, 0.29) is 18.2 Å². The lowest BCUT2D eigenvalue weighted by Gasteiger charge is -2.28. The van der Waals surface area contributed by atoms with Crippen LogP contribution in [0.1, 0.15) is 25.7 Å². The van der Waals surface area contributed by atoms with Crippen molar-refractivity contribution in [2.75, 3.05) is 27.2 Å². The summed E-state index contributed by atoms with van der Waals surface area (Å²) in [6.45, 7) is 1.31. The summed E-state index contributed by atoms with van der Waals surface area (Å²) in [4.78, 5) is 12.7. The summed E-state index contributed by atoms with van der Waals surface area (Å²) in [6.07, 6.45) is 4.00. The standard InChI is InChI=1S/C11H23N3O2/c1-14(2)11(16)13-8-7-12-9-5-3-4-6-10(9)15/h9-10,12,15H,3-8H2,1-2H3,(H,13,16). The lowest BCUT2D eigenvalue weighted by atomic mass is 9.93. The molecule has 1 fully saturated rings. The molecule has 0 aromatic carbocycles. The number of nitrogens with zero attached hydrogens (tertiary/aromatic N) is 1. The van der Waals surface area contributed by atoms with E-state index >= 15 is 0 Å². The largest absolute Gasteiger partial charge is 0.392 e. The number of urea groups is 1. The van der Waals surface area contributed by atoms with E-state index in [1.54, 1.807) is 14.1 Å². The first-order valence-electron chi connectivity index (χ1n) is 5.98. The molecule has 1 saturated carbocycles. The molecule has 1 aliphatic rings. The molecular formula is C11H23N3O2. The van der Waals surface area contributed by atoms with Crippen molar-refractivity contribution in [3.05, 3.63) is 0 Å². The van der Waals surface area contributed by atoms with Crippen molar-refractivity contribution in [1.29, 1.82) is 0 Å². The van der Waals surface area contributed by atoms with E-state index in [1.165, 1.54) is 11.3 Å². The molecule has 1 aliphatic carbocycles. The molecule has 0 spiro atoms. The molecule has 0 saturated heterocycles. The summed E-state index contributed by atoms with van der Waals surface area (Å²) in [5.41, 5.74) is 0. The van der Waals surface area contributed by atoms with Gasteiger partial charge in [0.1, 0.15) is 0 Å². The fraction of sp³-hybridized carbons (Fsp3) is 0.909. The van der Waals surface area contributed by atoms with Gasteiger partial charge in [-0.1, -0.05) is 12.8 Å². The van der Waals surface area contributed by atoms with E-state index in [0.29, 0.717) is 13.1 Å². The van der Waals surface area contributed by atoms with Crippen LogP contribution in [-0.2, 0) is 0 Å². The smallest absolute Gasteiger partial charge is 0.316 e. The molecule has 16 heavy (non-hydrogen) atoms. The average molecular weight is 229 g/mol. The topological polar surface area (TPSA) is 64.6 Å². The predicted octanol–water partition coefficient (Wildman–Crippen LogP) is 0.151. The molecule has 0 aromatic rings. The molecule has 3 N–H and O–H groups in total. The van der Waals surface area contributed by atoms with Crippen LogP contribution in [0.25, 0.3) is 0 Å². The van der Waals surface area contributed by atoms with Gasteiger partial charge in [0, 0.05) is 33.2 Å². The minimum atomic E-state index is -0.224. The molecule has 5 heteroatoms. The van der Waals surface area contributed by atoms with E-state index in [0.717, 1.165) is 19.3 Å². The lowest BCUT2D eigenvalue weighted by Crippen LogP contribution is -2.46. The third-order valence-corrected chi connectivity index (χ3v) is 2.94. The van der Waals surface area contributed by atoms with Crippen molar-refractivity contribution in [1.82, 2.24) is 15.5 Å². The summed E-state index contributed by atoms with van der Waals surface area (Å²) in [6, 6.07) is 0.121. The maximum atomic E-state index is 11.2. The Morgan fingerprint density at radius 3 is 2.62 bits per heavy atom. The second-order valence-electron chi connectivity index (χ2n) is 4.54. The summed E-state index contributed by atoms with van der Waals surface area (Å²) < 4.78 is 0. The first-order valence-corrected chi connectivity index (χ1v) is 5.98. The van der Waals surface area contributed by atoms with Crippen molar-refractivity contribution in [3.63, 3.8) is 0 Å². The molecule has 2 unspecified atom stereocenters. The van der Waals surface area contributed by atoms with Gasteiger partial charge in [0.2, 0.25) is 0 Å². The van der Waals surface area contributed by atoms with Crippen molar-refractivity contribution in [3.8, 4) is 0 Å². The van der Waals surface area contributed by atoms with E-state index < -0.39 is 0 Å². The van der Waals surface area contributed by atoms with Gasteiger partial charge >= 0.3 is 6.03 Å². The van der Waals surface area contributed by atoms with Gasteiger partial charge in [-0.25, -0.2) is 4.79 Å². The highest BCUT2D eigenvalue weighted by Gasteiger charge is 2.21. The minimum absolute atomic E-state index is 0.0778. The SMILES string of the molecule is CN(C)C(=O)NCCNC1CCCCC1O. The van der Waals surface area contributed by atoms with Crippen LogP contribution in [0.5, 0.6) is 0 Å². The zero-order chi connectivity index (χ0) is 12.0. The van der Waals surface area contributed by atoms with Crippen LogP contribution in [0.15, 0.2) is 0 Å². The van der Waals surface area contributed by atoms with Crippen LogP contribution in [0.3, 0.4) is 0 Å².